The molecule has 1 rings (SSSR count). The van der Waals surface area contributed by atoms with E-state index in [4.69, 9.17) is 16.9 Å². The fraction of sp³-hybridized carbons (Fsp3) is 0.385. The summed E-state index contributed by atoms with van der Waals surface area (Å²) in [6, 6.07) is 9.00. The minimum absolute atomic E-state index is 0.271. The van der Waals surface area contributed by atoms with Crippen molar-refractivity contribution in [2.75, 3.05) is 5.32 Å². The molecule has 17 heavy (non-hydrogen) atoms. The second-order valence-electron chi connectivity index (χ2n) is 3.87. The normalized spacial score (nSPS) is 10.7. The van der Waals surface area contributed by atoms with Crippen molar-refractivity contribution in [2.45, 2.75) is 26.7 Å². The van der Waals surface area contributed by atoms with E-state index in [-0.39, 0.29) is 5.91 Å². The first-order valence-electron chi connectivity index (χ1n) is 5.56. The second-order valence-corrected chi connectivity index (χ2v) is 4.30. The van der Waals surface area contributed by atoms with E-state index in [0.29, 0.717) is 23.6 Å². The van der Waals surface area contributed by atoms with Crippen LogP contribution in [0.15, 0.2) is 24.3 Å². The van der Waals surface area contributed by atoms with Crippen LogP contribution in [0, 0.1) is 16.7 Å². The average Bonchev–Trinajstić information content (AvgIpc) is 2.32. The molecule has 0 saturated carbocycles. The number of carbonyl (C=O) groups excluding carboxylic acids is 1. The molecule has 90 valence electrons. The molecule has 0 fully saturated rings. The van der Waals surface area contributed by atoms with E-state index < -0.39 is 5.41 Å². The van der Waals surface area contributed by atoms with Crippen molar-refractivity contribution in [2.24, 2.45) is 5.41 Å². The van der Waals surface area contributed by atoms with Gasteiger partial charge in [0.25, 0.3) is 0 Å². The summed E-state index contributed by atoms with van der Waals surface area (Å²) in [6.45, 7) is 3.68. The SMILES string of the molecule is CCC(C#N)(CC)C(=O)Nc1cccc(Cl)c1. The van der Waals surface area contributed by atoms with Crippen molar-refractivity contribution in [3.8, 4) is 6.07 Å². The van der Waals surface area contributed by atoms with Crippen LogP contribution in [0.25, 0.3) is 0 Å². The van der Waals surface area contributed by atoms with Crippen LogP contribution < -0.4 is 5.32 Å². The molecule has 0 radical (unpaired) electrons. The molecule has 1 aromatic carbocycles. The number of rotatable bonds is 4. The molecule has 0 spiro atoms. The van der Waals surface area contributed by atoms with E-state index in [2.05, 4.69) is 11.4 Å². The molecular formula is C13H15ClN2O. The summed E-state index contributed by atoms with van der Waals surface area (Å²) < 4.78 is 0. The number of anilines is 1. The monoisotopic (exact) mass is 250 g/mol. The van der Waals surface area contributed by atoms with E-state index >= 15 is 0 Å². The van der Waals surface area contributed by atoms with Crippen molar-refractivity contribution >= 4 is 23.2 Å². The standard InChI is InChI=1S/C13H15ClN2O/c1-3-13(4-2,9-15)12(17)16-11-7-5-6-10(14)8-11/h5-8H,3-4H2,1-2H3,(H,16,17). The van der Waals surface area contributed by atoms with Crippen LogP contribution in [0.4, 0.5) is 5.69 Å². The van der Waals surface area contributed by atoms with Gasteiger partial charge in [0.15, 0.2) is 0 Å². The lowest BCUT2D eigenvalue weighted by molar-refractivity contribution is -0.123. The molecule has 0 heterocycles. The van der Waals surface area contributed by atoms with E-state index in [1.165, 1.54) is 0 Å². The van der Waals surface area contributed by atoms with Crippen LogP contribution in [0.3, 0.4) is 0 Å². The third-order valence-corrected chi connectivity index (χ3v) is 3.17. The van der Waals surface area contributed by atoms with Gasteiger partial charge in [-0.25, -0.2) is 0 Å². The Morgan fingerprint density at radius 2 is 2.12 bits per heavy atom. The van der Waals surface area contributed by atoms with Gasteiger partial charge in [0.05, 0.1) is 6.07 Å². The van der Waals surface area contributed by atoms with Gasteiger partial charge < -0.3 is 5.32 Å². The molecule has 1 aromatic rings. The molecule has 0 atom stereocenters. The number of nitriles is 1. The van der Waals surface area contributed by atoms with Crippen LogP contribution in [0.5, 0.6) is 0 Å². The van der Waals surface area contributed by atoms with Gasteiger partial charge in [-0.15, -0.1) is 0 Å². The lowest BCUT2D eigenvalue weighted by atomic mass is 9.83. The topological polar surface area (TPSA) is 52.9 Å². The first-order valence-corrected chi connectivity index (χ1v) is 5.94. The van der Waals surface area contributed by atoms with Crippen LogP contribution in [0.1, 0.15) is 26.7 Å². The number of nitrogens with one attached hydrogen (secondary N) is 1. The molecule has 0 aliphatic rings. The van der Waals surface area contributed by atoms with E-state index in [9.17, 15) is 4.79 Å². The Kier molecular flexibility index (Phi) is 4.53. The molecule has 0 aliphatic carbocycles. The lowest BCUT2D eigenvalue weighted by Crippen LogP contribution is -2.33. The highest BCUT2D eigenvalue weighted by molar-refractivity contribution is 6.30. The highest BCUT2D eigenvalue weighted by atomic mass is 35.5. The number of benzene rings is 1. The predicted octanol–water partition coefficient (Wildman–Crippen LogP) is 3.61. The van der Waals surface area contributed by atoms with Gasteiger partial charge in [0.1, 0.15) is 5.41 Å². The first-order chi connectivity index (χ1) is 8.07. The van der Waals surface area contributed by atoms with Gasteiger partial charge in [-0.1, -0.05) is 31.5 Å². The zero-order valence-electron chi connectivity index (χ0n) is 9.96. The summed E-state index contributed by atoms with van der Waals surface area (Å²) in [5, 5.41) is 12.4. The molecule has 0 bridgehead atoms. The van der Waals surface area contributed by atoms with Gasteiger partial charge >= 0.3 is 0 Å². The van der Waals surface area contributed by atoms with Gasteiger partial charge in [-0.2, -0.15) is 5.26 Å². The Morgan fingerprint density at radius 1 is 1.47 bits per heavy atom. The molecule has 0 unspecified atom stereocenters. The summed E-state index contributed by atoms with van der Waals surface area (Å²) in [5.74, 6) is -0.271. The summed E-state index contributed by atoms with van der Waals surface area (Å²) in [5.41, 5.74) is -0.341. The lowest BCUT2D eigenvalue weighted by Gasteiger charge is -2.22. The Balaban J connectivity index is 2.89. The Morgan fingerprint density at radius 3 is 2.59 bits per heavy atom. The van der Waals surface area contributed by atoms with Crippen molar-refractivity contribution in [3.05, 3.63) is 29.3 Å². The van der Waals surface area contributed by atoms with Crippen molar-refractivity contribution in [3.63, 3.8) is 0 Å². The van der Waals surface area contributed by atoms with Gasteiger partial charge in [0.2, 0.25) is 5.91 Å². The highest BCUT2D eigenvalue weighted by Gasteiger charge is 2.34. The number of carbonyl (C=O) groups is 1. The van der Waals surface area contributed by atoms with Crippen LogP contribution in [-0.4, -0.2) is 5.91 Å². The highest BCUT2D eigenvalue weighted by Crippen LogP contribution is 2.27. The smallest absolute Gasteiger partial charge is 0.244 e. The molecule has 3 nitrogen and oxygen atoms in total. The maximum atomic E-state index is 12.1. The number of hydrogen-bond acceptors (Lipinski definition) is 2. The molecule has 1 amide bonds. The van der Waals surface area contributed by atoms with E-state index in [1.807, 2.05) is 13.8 Å². The fourth-order valence-electron chi connectivity index (χ4n) is 1.60. The zero-order chi connectivity index (χ0) is 12.9. The predicted molar refractivity (Wildman–Crippen MR) is 68.7 cm³/mol. The third-order valence-electron chi connectivity index (χ3n) is 2.94. The molecule has 0 saturated heterocycles. The van der Waals surface area contributed by atoms with E-state index in [0.717, 1.165) is 0 Å². The number of nitrogens with zero attached hydrogens (tertiary/aromatic N) is 1. The zero-order valence-corrected chi connectivity index (χ0v) is 10.7. The minimum Gasteiger partial charge on any atom is -0.325 e. The molecule has 1 N–H and O–H groups in total. The van der Waals surface area contributed by atoms with Gasteiger partial charge in [0, 0.05) is 10.7 Å². The molecule has 0 aromatic heterocycles. The van der Waals surface area contributed by atoms with Crippen molar-refractivity contribution in [1.29, 1.82) is 5.26 Å². The minimum atomic E-state index is -0.956. The summed E-state index contributed by atoms with van der Waals surface area (Å²) >= 11 is 5.83. The van der Waals surface area contributed by atoms with Gasteiger partial charge in [-0.05, 0) is 31.0 Å². The summed E-state index contributed by atoms with van der Waals surface area (Å²) in [7, 11) is 0. The van der Waals surface area contributed by atoms with E-state index in [1.54, 1.807) is 24.3 Å². The largest absolute Gasteiger partial charge is 0.325 e. The maximum Gasteiger partial charge on any atom is 0.244 e. The second kappa shape index (κ2) is 5.70. The number of hydrogen-bond donors (Lipinski definition) is 1. The molecule has 0 aliphatic heterocycles. The average molecular weight is 251 g/mol. The molecule has 4 heteroatoms. The van der Waals surface area contributed by atoms with Crippen LogP contribution in [0.2, 0.25) is 5.02 Å². The Hall–Kier alpha value is -1.53. The summed E-state index contributed by atoms with van der Waals surface area (Å²) in [6.07, 6.45) is 0.985. The van der Waals surface area contributed by atoms with Crippen molar-refractivity contribution < 1.29 is 4.79 Å². The number of halogens is 1. The fourth-order valence-corrected chi connectivity index (χ4v) is 1.79. The Labute approximate surface area is 106 Å². The first kappa shape index (κ1) is 13.5. The quantitative estimate of drug-likeness (QED) is 0.888. The van der Waals surface area contributed by atoms with Crippen molar-refractivity contribution in [1.82, 2.24) is 0 Å². The Bertz CT molecular complexity index is 447. The maximum absolute atomic E-state index is 12.1. The van der Waals surface area contributed by atoms with Crippen LogP contribution >= 0.6 is 11.6 Å². The van der Waals surface area contributed by atoms with Gasteiger partial charge in [-0.3, -0.25) is 4.79 Å². The van der Waals surface area contributed by atoms with Crippen LogP contribution in [-0.2, 0) is 4.79 Å². The summed E-state index contributed by atoms with van der Waals surface area (Å²) in [4.78, 5) is 12.1. The third kappa shape index (κ3) is 2.98. The molecular weight excluding hydrogens is 236 g/mol. The number of amides is 1.